The van der Waals surface area contributed by atoms with E-state index in [1.807, 2.05) is 0 Å². The number of halogens is 2. The summed E-state index contributed by atoms with van der Waals surface area (Å²) >= 11 is 0. The van der Waals surface area contributed by atoms with Crippen LogP contribution in [0.3, 0.4) is 0 Å². The lowest BCUT2D eigenvalue weighted by atomic mass is 10.1. The van der Waals surface area contributed by atoms with Crippen molar-refractivity contribution in [3.8, 4) is 5.75 Å². The number of nitrogens with zero attached hydrogens (tertiary/aromatic N) is 3. The molecule has 2 atom stereocenters. The molecule has 0 spiro atoms. The van der Waals surface area contributed by atoms with Crippen LogP contribution < -0.4 is 10.2 Å². The second-order valence-corrected chi connectivity index (χ2v) is 6.23. The maximum atomic E-state index is 12.8. The maximum Gasteiger partial charge on any atom is 0.419 e. The minimum absolute atomic E-state index is 0.0224. The predicted octanol–water partition coefficient (Wildman–Crippen LogP) is 1.25. The molecule has 2 amide bonds. The van der Waals surface area contributed by atoms with Crippen molar-refractivity contribution in [3.63, 3.8) is 0 Å². The number of carbonyl (C=O) groups is 2. The summed E-state index contributed by atoms with van der Waals surface area (Å²) in [5.74, 6) is -0.299. The third-order valence-corrected chi connectivity index (χ3v) is 4.70. The van der Waals surface area contributed by atoms with E-state index in [1.165, 1.54) is 18.2 Å². The van der Waals surface area contributed by atoms with Gasteiger partial charge in [-0.1, -0.05) is 0 Å². The molecule has 0 saturated carbocycles. The number of hydrazine groups is 1. The fraction of sp³-hybridized carbons (Fsp3) is 0.400. The zero-order valence-electron chi connectivity index (χ0n) is 13.4. The van der Waals surface area contributed by atoms with Gasteiger partial charge in [0.15, 0.2) is 5.69 Å². The van der Waals surface area contributed by atoms with Gasteiger partial charge in [-0.25, -0.2) is 9.80 Å². The Labute approximate surface area is 145 Å². The Hall–Kier alpha value is -2.95. The van der Waals surface area contributed by atoms with Gasteiger partial charge in [-0.15, -0.1) is 0 Å². The smallest absolute Gasteiger partial charge is 0.419 e. The van der Waals surface area contributed by atoms with Crippen LogP contribution in [0.4, 0.5) is 13.6 Å². The van der Waals surface area contributed by atoms with Crippen LogP contribution in [0.1, 0.15) is 16.9 Å². The number of hydrogen-bond donors (Lipinski definition) is 3. The fourth-order valence-corrected chi connectivity index (χ4v) is 3.65. The van der Waals surface area contributed by atoms with Crippen LogP contribution in [0.25, 0.3) is 10.9 Å². The summed E-state index contributed by atoms with van der Waals surface area (Å²) in [5.41, 5.74) is 2.96. The van der Waals surface area contributed by atoms with Gasteiger partial charge < -0.3 is 14.7 Å². The van der Waals surface area contributed by atoms with Gasteiger partial charge in [0, 0.05) is 36.6 Å². The van der Waals surface area contributed by atoms with Crippen molar-refractivity contribution in [2.45, 2.75) is 25.1 Å². The molecule has 2 aliphatic rings. The standard InChI is InChI=1S/C15H15F2N5O4/c16-14(17)26-9-1-2-10-11(4-9)18-19-12(10)13(23)21-5-8-3-7(21)6-22(8)20-15(24)25/h1-2,4,7-8,14,20H,3,5-6H2,(H,18,19)(H,24,25)/t7-,8-/m0/s1. The predicted molar refractivity (Wildman–Crippen MR) is 83.8 cm³/mol. The minimum Gasteiger partial charge on any atom is -0.464 e. The molecule has 138 valence electrons. The second-order valence-electron chi connectivity index (χ2n) is 6.23. The molecule has 2 bridgehead atoms. The van der Waals surface area contributed by atoms with Crippen LogP contribution >= 0.6 is 0 Å². The minimum atomic E-state index is -2.93. The van der Waals surface area contributed by atoms with E-state index >= 15 is 0 Å². The zero-order chi connectivity index (χ0) is 18.4. The number of nitrogens with one attached hydrogen (secondary N) is 2. The molecule has 4 rings (SSSR count). The van der Waals surface area contributed by atoms with E-state index in [-0.39, 0.29) is 29.4 Å². The number of hydrogen-bond acceptors (Lipinski definition) is 5. The summed E-state index contributed by atoms with van der Waals surface area (Å²) in [6.07, 6.45) is -0.448. The number of aromatic amines is 1. The fourth-order valence-electron chi connectivity index (χ4n) is 3.65. The molecule has 1 aromatic carbocycles. The monoisotopic (exact) mass is 367 g/mol. The van der Waals surface area contributed by atoms with E-state index in [0.717, 1.165) is 0 Å². The molecule has 0 aliphatic carbocycles. The van der Waals surface area contributed by atoms with Crippen LogP contribution in [0.15, 0.2) is 18.2 Å². The van der Waals surface area contributed by atoms with Gasteiger partial charge in [0.05, 0.1) is 5.52 Å². The molecule has 9 nitrogen and oxygen atoms in total. The van der Waals surface area contributed by atoms with Crippen molar-refractivity contribution in [2.24, 2.45) is 0 Å². The van der Waals surface area contributed by atoms with Gasteiger partial charge in [0.2, 0.25) is 0 Å². The van der Waals surface area contributed by atoms with Crippen LogP contribution in [-0.4, -0.2) is 69.0 Å². The molecule has 0 unspecified atom stereocenters. The Kier molecular flexibility index (Phi) is 3.87. The largest absolute Gasteiger partial charge is 0.464 e. The van der Waals surface area contributed by atoms with Gasteiger partial charge in [0.25, 0.3) is 5.91 Å². The summed E-state index contributed by atoms with van der Waals surface area (Å²) in [7, 11) is 0. The number of aromatic nitrogens is 2. The molecule has 2 fully saturated rings. The molecule has 26 heavy (non-hydrogen) atoms. The first-order valence-electron chi connectivity index (χ1n) is 7.92. The Bertz CT molecular complexity index is 873. The van der Waals surface area contributed by atoms with E-state index in [1.54, 1.807) is 9.91 Å². The van der Waals surface area contributed by atoms with Gasteiger partial charge in [-0.05, 0) is 18.6 Å². The topological polar surface area (TPSA) is 111 Å². The Morgan fingerprint density at radius 1 is 1.35 bits per heavy atom. The van der Waals surface area contributed by atoms with Crippen molar-refractivity contribution < 1.29 is 28.2 Å². The second kappa shape index (κ2) is 6.09. The van der Waals surface area contributed by atoms with Gasteiger partial charge >= 0.3 is 12.7 Å². The van der Waals surface area contributed by atoms with E-state index in [4.69, 9.17) is 5.11 Å². The number of carboxylic acid groups (broad SMARTS) is 1. The van der Waals surface area contributed by atoms with E-state index in [2.05, 4.69) is 20.4 Å². The van der Waals surface area contributed by atoms with E-state index < -0.39 is 12.7 Å². The zero-order valence-corrected chi connectivity index (χ0v) is 13.4. The third-order valence-electron chi connectivity index (χ3n) is 4.70. The van der Waals surface area contributed by atoms with E-state index in [0.29, 0.717) is 30.4 Å². The molecule has 2 aliphatic heterocycles. The summed E-state index contributed by atoms with van der Waals surface area (Å²) in [5, 5.41) is 17.6. The first kappa shape index (κ1) is 16.5. The number of H-pyrrole nitrogens is 1. The summed E-state index contributed by atoms with van der Waals surface area (Å²) in [4.78, 5) is 25.3. The SMILES string of the molecule is O=C(O)NN1C[C@@H]2C[C@H]1CN2C(=O)c1n[nH]c2cc(OC(F)F)ccc12. The molecular formula is C15H15F2N5O4. The van der Waals surface area contributed by atoms with Crippen LogP contribution in [-0.2, 0) is 0 Å². The van der Waals surface area contributed by atoms with Gasteiger partial charge in [-0.3, -0.25) is 15.3 Å². The van der Waals surface area contributed by atoms with Crippen molar-refractivity contribution in [3.05, 3.63) is 23.9 Å². The molecule has 0 radical (unpaired) electrons. The number of alkyl halides is 2. The highest BCUT2D eigenvalue weighted by molar-refractivity contribution is 6.05. The highest BCUT2D eigenvalue weighted by atomic mass is 19.3. The number of carbonyl (C=O) groups excluding carboxylic acids is 1. The third kappa shape index (κ3) is 2.79. The molecule has 2 aromatic rings. The molecule has 3 heterocycles. The van der Waals surface area contributed by atoms with Gasteiger partial charge in [0.1, 0.15) is 5.75 Å². The highest BCUT2D eigenvalue weighted by Gasteiger charge is 2.46. The molecule has 1 aromatic heterocycles. The maximum absolute atomic E-state index is 12.8. The van der Waals surface area contributed by atoms with Gasteiger partial charge in [-0.2, -0.15) is 13.9 Å². The van der Waals surface area contributed by atoms with Crippen molar-refractivity contribution in [1.82, 2.24) is 25.5 Å². The van der Waals surface area contributed by atoms with Crippen molar-refractivity contribution >= 4 is 22.9 Å². The summed E-state index contributed by atoms with van der Waals surface area (Å²) < 4.78 is 28.9. The van der Waals surface area contributed by atoms with Crippen LogP contribution in [0, 0.1) is 0 Å². The lowest BCUT2D eigenvalue weighted by Crippen LogP contribution is -2.54. The summed E-state index contributed by atoms with van der Waals surface area (Å²) in [6.45, 7) is -2.12. The lowest BCUT2D eigenvalue weighted by Gasteiger charge is -2.33. The summed E-state index contributed by atoms with van der Waals surface area (Å²) in [6, 6.07) is 4.05. The first-order valence-corrected chi connectivity index (χ1v) is 7.92. The normalized spacial score (nSPS) is 22.3. The van der Waals surface area contributed by atoms with Crippen LogP contribution in [0.5, 0.6) is 5.75 Å². The number of rotatable bonds is 4. The number of likely N-dealkylation sites (tertiary alicyclic amines) is 1. The number of amides is 2. The quantitative estimate of drug-likeness (QED) is 0.750. The average Bonchev–Trinajstić information content (AvgIpc) is 3.25. The highest BCUT2D eigenvalue weighted by Crippen LogP contribution is 2.32. The molecular weight excluding hydrogens is 352 g/mol. The number of fused-ring (bicyclic) bond motifs is 3. The Morgan fingerprint density at radius 3 is 2.81 bits per heavy atom. The molecule has 2 saturated heterocycles. The number of piperazine rings is 1. The number of ether oxygens (including phenoxy) is 1. The van der Waals surface area contributed by atoms with Crippen molar-refractivity contribution in [1.29, 1.82) is 0 Å². The van der Waals surface area contributed by atoms with E-state index in [9.17, 15) is 18.4 Å². The Morgan fingerprint density at radius 2 is 2.15 bits per heavy atom. The van der Waals surface area contributed by atoms with Crippen LogP contribution in [0.2, 0.25) is 0 Å². The molecule has 3 N–H and O–H groups in total. The first-order chi connectivity index (χ1) is 12.4. The Balaban J connectivity index is 1.52. The number of benzene rings is 1. The van der Waals surface area contributed by atoms with Crippen molar-refractivity contribution in [2.75, 3.05) is 13.1 Å². The average molecular weight is 367 g/mol. The lowest BCUT2D eigenvalue weighted by molar-refractivity contribution is -0.0497. The molecule has 11 heteroatoms.